The molecule has 4 heteroatoms. The van der Waals surface area contributed by atoms with Gasteiger partial charge in [-0.15, -0.1) is 0 Å². The maximum absolute atomic E-state index is 5.79. The molecule has 0 saturated carbocycles. The Labute approximate surface area is 123 Å². The number of aryl methyl sites for hydroxylation is 1. The van der Waals surface area contributed by atoms with Gasteiger partial charge in [0.25, 0.3) is 0 Å². The van der Waals surface area contributed by atoms with Crippen LogP contribution in [0.4, 0.5) is 0 Å². The Bertz CT molecular complexity index is 749. The molecule has 108 valence electrons. The molecule has 0 radical (unpaired) electrons. The molecule has 0 atom stereocenters. The highest BCUT2D eigenvalue weighted by molar-refractivity contribution is 5.79. The van der Waals surface area contributed by atoms with Gasteiger partial charge in [-0.2, -0.15) is 0 Å². The summed E-state index contributed by atoms with van der Waals surface area (Å²) in [6.45, 7) is 3.19. The van der Waals surface area contributed by atoms with E-state index in [0.717, 1.165) is 40.3 Å². The van der Waals surface area contributed by atoms with Crippen molar-refractivity contribution in [3.63, 3.8) is 0 Å². The third kappa shape index (κ3) is 3.06. The Morgan fingerprint density at radius 3 is 3.00 bits per heavy atom. The summed E-state index contributed by atoms with van der Waals surface area (Å²) in [6, 6.07) is 11.9. The molecule has 0 aliphatic carbocycles. The number of benzene rings is 1. The molecule has 21 heavy (non-hydrogen) atoms. The van der Waals surface area contributed by atoms with Crippen LogP contribution in [0.3, 0.4) is 0 Å². The second kappa shape index (κ2) is 5.97. The van der Waals surface area contributed by atoms with Crippen LogP contribution >= 0.6 is 0 Å². The minimum Gasteiger partial charge on any atom is -0.486 e. The first-order valence-corrected chi connectivity index (χ1v) is 6.96. The van der Waals surface area contributed by atoms with Crippen molar-refractivity contribution in [2.75, 3.05) is 7.05 Å². The average molecular weight is 282 g/mol. The Kier molecular flexibility index (Phi) is 3.88. The van der Waals surface area contributed by atoms with E-state index in [9.17, 15) is 0 Å². The molecule has 0 aliphatic heterocycles. The van der Waals surface area contributed by atoms with Crippen molar-refractivity contribution in [1.82, 2.24) is 10.3 Å². The van der Waals surface area contributed by atoms with Gasteiger partial charge >= 0.3 is 0 Å². The van der Waals surface area contributed by atoms with Crippen LogP contribution in [0.5, 0.6) is 5.75 Å². The number of furan rings is 1. The molecule has 0 spiro atoms. The van der Waals surface area contributed by atoms with E-state index in [4.69, 9.17) is 9.15 Å². The zero-order valence-electron chi connectivity index (χ0n) is 12.2. The van der Waals surface area contributed by atoms with Crippen molar-refractivity contribution in [3.05, 3.63) is 59.7 Å². The van der Waals surface area contributed by atoms with Gasteiger partial charge in [0, 0.05) is 17.6 Å². The second-order valence-electron chi connectivity index (χ2n) is 5.00. The first-order valence-electron chi connectivity index (χ1n) is 6.96. The number of rotatable bonds is 5. The van der Waals surface area contributed by atoms with Gasteiger partial charge in [-0.1, -0.05) is 6.07 Å². The predicted octanol–water partition coefficient (Wildman–Crippen LogP) is 3.43. The lowest BCUT2D eigenvalue weighted by Gasteiger charge is -2.05. The van der Waals surface area contributed by atoms with Crippen LogP contribution in [0.1, 0.15) is 17.1 Å². The number of ether oxygens (including phenoxy) is 1. The molecule has 1 N–H and O–H groups in total. The van der Waals surface area contributed by atoms with Crippen LogP contribution < -0.4 is 10.1 Å². The number of nitrogens with one attached hydrogen (secondary N) is 1. The zero-order valence-corrected chi connectivity index (χ0v) is 12.2. The zero-order chi connectivity index (χ0) is 14.7. The summed E-state index contributed by atoms with van der Waals surface area (Å²) in [5, 5.41) is 4.20. The standard InChI is InChI=1S/C17H18N2O2/c1-12-8-15(21-17(12)10-18-2)11-20-14-6-5-13-4-3-7-19-16(13)9-14/h3-9,18H,10-11H2,1-2H3. The molecular weight excluding hydrogens is 264 g/mol. The van der Waals surface area contributed by atoms with Crippen LogP contribution in [-0.4, -0.2) is 12.0 Å². The van der Waals surface area contributed by atoms with Crippen LogP contribution in [0.2, 0.25) is 0 Å². The van der Waals surface area contributed by atoms with Crippen LogP contribution in [0.15, 0.2) is 47.0 Å². The number of hydrogen-bond donors (Lipinski definition) is 1. The summed E-state index contributed by atoms with van der Waals surface area (Å²) in [6.07, 6.45) is 1.78. The number of aromatic nitrogens is 1. The molecule has 0 unspecified atom stereocenters. The monoisotopic (exact) mass is 282 g/mol. The molecule has 0 saturated heterocycles. The highest BCUT2D eigenvalue weighted by atomic mass is 16.5. The lowest BCUT2D eigenvalue weighted by Crippen LogP contribution is -2.04. The van der Waals surface area contributed by atoms with Gasteiger partial charge in [0.2, 0.25) is 0 Å². The fourth-order valence-corrected chi connectivity index (χ4v) is 2.29. The van der Waals surface area contributed by atoms with Crippen molar-refractivity contribution >= 4 is 10.9 Å². The van der Waals surface area contributed by atoms with Crippen molar-refractivity contribution < 1.29 is 9.15 Å². The van der Waals surface area contributed by atoms with Gasteiger partial charge in [0.15, 0.2) is 0 Å². The van der Waals surface area contributed by atoms with Gasteiger partial charge < -0.3 is 14.5 Å². The lowest BCUT2D eigenvalue weighted by atomic mass is 10.2. The van der Waals surface area contributed by atoms with Gasteiger partial charge in [-0.25, -0.2) is 0 Å². The quantitative estimate of drug-likeness (QED) is 0.778. The fourth-order valence-electron chi connectivity index (χ4n) is 2.29. The number of pyridine rings is 1. The van der Waals surface area contributed by atoms with Crippen LogP contribution in [0.25, 0.3) is 10.9 Å². The largest absolute Gasteiger partial charge is 0.486 e. The first kappa shape index (κ1) is 13.6. The Morgan fingerprint density at radius 2 is 2.14 bits per heavy atom. The summed E-state index contributed by atoms with van der Waals surface area (Å²) in [5.41, 5.74) is 2.07. The molecule has 4 nitrogen and oxygen atoms in total. The highest BCUT2D eigenvalue weighted by Crippen LogP contribution is 2.21. The molecular formula is C17H18N2O2. The Morgan fingerprint density at radius 1 is 1.24 bits per heavy atom. The molecule has 3 rings (SSSR count). The van der Waals surface area contributed by atoms with Gasteiger partial charge in [-0.05, 0) is 43.8 Å². The summed E-state index contributed by atoms with van der Waals surface area (Å²) in [5.74, 6) is 2.58. The molecule has 0 bridgehead atoms. The van der Waals surface area contributed by atoms with Crippen LogP contribution in [-0.2, 0) is 13.2 Å². The molecule has 1 aromatic carbocycles. The smallest absolute Gasteiger partial charge is 0.146 e. The number of nitrogens with zero attached hydrogens (tertiary/aromatic N) is 1. The average Bonchev–Trinajstić information content (AvgIpc) is 2.86. The molecule has 0 fully saturated rings. The van der Waals surface area contributed by atoms with E-state index in [0.29, 0.717) is 6.61 Å². The minimum absolute atomic E-state index is 0.420. The minimum atomic E-state index is 0.420. The second-order valence-corrected chi connectivity index (χ2v) is 5.00. The maximum Gasteiger partial charge on any atom is 0.146 e. The molecule has 0 aliphatic rings. The van der Waals surface area contributed by atoms with Gasteiger partial charge in [0.05, 0.1) is 12.1 Å². The van der Waals surface area contributed by atoms with Crippen molar-refractivity contribution in [1.29, 1.82) is 0 Å². The summed E-state index contributed by atoms with van der Waals surface area (Å²) >= 11 is 0. The van der Waals surface area contributed by atoms with Crippen molar-refractivity contribution in [2.24, 2.45) is 0 Å². The van der Waals surface area contributed by atoms with Crippen LogP contribution in [0, 0.1) is 6.92 Å². The Hall–Kier alpha value is -2.33. The predicted molar refractivity (Wildman–Crippen MR) is 82.3 cm³/mol. The van der Waals surface area contributed by atoms with E-state index >= 15 is 0 Å². The first-order chi connectivity index (χ1) is 10.3. The van der Waals surface area contributed by atoms with Gasteiger partial charge in [0.1, 0.15) is 23.9 Å². The third-order valence-corrected chi connectivity index (χ3v) is 3.37. The molecule has 0 amide bonds. The summed E-state index contributed by atoms with van der Waals surface area (Å²) in [4.78, 5) is 4.33. The Balaban J connectivity index is 1.72. The fraction of sp³-hybridized carbons (Fsp3) is 0.235. The van der Waals surface area contributed by atoms with E-state index in [1.54, 1.807) is 6.20 Å². The van der Waals surface area contributed by atoms with E-state index in [1.807, 2.05) is 50.4 Å². The number of hydrogen-bond acceptors (Lipinski definition) is 4. The third-order valence-electron chi connectivity index (χ3n) is 3.37. The molecule has 2 aromatic heterocycles. The highest BCUT2D eigenvalue weighted by Gasteiger charge is 2.07. The number of fused-ring (bicyclic) bond motifs is 1. The lowest BCUT2D eigenvalue weighted by molar-refractivity contribution is 0.265. The van der Waals surface area contributed by atoms with Crippen molar-refractivity contribution in [2.45, 2.75) is 20.1 Å². The van der Waals surface area contributed by atoms with E-state index < -0.39 is 0 Å². The van der Waals surface area contributed by atoms with Crippen molar-refractivity contribution in [3.8, 4) is 5.75 Å². The topological polar surface area (TPSA) is 47.3 Å². The SMILES string of the molecule is CNCc1oc(COc2ccc3cccnc3c2)cc1C. The molecule has 3 aromatic rings. The summed E-state index contributed by atoms with van der Waals surface area (Å²) < 4.78 is 11.6. The van der Waals surface area contributed by atoms with Gasteiger partial charge in [-0.3, -0.25) is 4.98 Å². The normalized spacial score (nSPS) is 11.0. The van der Waals surface area contributed by atoms with E-state index in [1.165, 1.54) is 0 Å². The summed E-state index contributed by atoms with van der Waals surface area (Å²) in [7, 11) is 1.90. The van der Waals surface area contributed by atoms with E-state index in [-0.39, 0.29) is 0 Å². The molecule has 2 heterocycles. The van der Waals surface area contributed by atoms with E-state index in [2.05, 4.69) is 10.3 Å². The maximum atomic E-state index is 5.79.